The van der Waals surface area contributed by atoms with Gasteiger partial charge >= 0.3 is 6.09 Å². The molecule has 3 aromatic rings. The third kappa shape index (κ3) is 9.87. The largest absolute Gasteiger partial charge is 0.497 e. The van der Waals surface area contributed by atoms with Crippen LogP contribution in [0.4, 0.5) is 4.79 Å². The Morgan fingerprint density at radius 3 is 2.35 bits per heavy atom. The van der Waals surface area contributed by atoms with Crippen molar-refractivity contribution in [2.45, 2.75) is 134 Å². The molecule has 1 aromatic heterocycles. The summed E-state index contributed by atoms with van der Waals surface area (Å²) in [5.74, 6) is -1.18. The maximum atomic E-state index is 15.3. The van der Waals surface area contributed by atoms with Crippen LogP contribution in [0.2, 0.25) is 0 Å². The van der Waals surface area contributed by atoms with Gasteiger partial charge in [-0.15, -0.1) is 0 Å². The summed E-state index contributed by atoms with van der Waals surface area (Å²) >= 11 is 0. The van der Waals surface area contributed by atoms with Crippen molar-refractivity contribution in [3.05, 3.63) is 54.6 Å². The van der Waals surface area contributed by atoms with E-state index in [1.54, 1.807) is 46.1 Å². The number of amides is 4. The molecule has 2 aromatic carbocycles. The number of allylic oxidation sites excluding steroid dienone is 1. The predicted molar refractivity (Wildman–Crippen MR) is 236 cm³/mol. The standard InChI is InChI=1S/C46H60N6O10S/c1-26(2)61-31-15-13-29(14-16-31)39-47-36-22-32(60-8)17-20-35(36)41(48-39)62-33-23-37-40(53)49-46(43(55)50-63(58,59)34-18-19-34)24-30(46)12-10-9-11-27(3)21-28(4)38(42(54)51(37)25-33)52(44(56)57)45(5,6)7/h10,12-17,20,22,26-28,30,33-34,37-38H,9,11,18-19,21,23-25H2,1-8H3,(H,49,53)(H,50,55)(H,56,57)/t27-,28+,30+,33+,37-,38-,46+/m0/s1. The van der Waals surface area contributed by atoms with Gasteiger partial charge in [0.25, 0.3) is 5.91 Å². The molecule has 0 spiro atoms. The van der Waals surface area contributed by atoms with Gasteiger partial charge in [-0.05, 0) is 121 Å². The first-order valence-electron chi connectivity index (χ1n) is 21.9. The van der Waals surface area contributed by atoms with Crippen molar-refractivity contribution in [2.24, 2.45) is 17.8 Å². The van der Waals surface area contributed by atoms with Gasteiger partial charge in [0.2, 0.25) is 27.7 Å². The lowest BCUT2D eigenvalue weighted by atomic mass is 9.85. The lowest BCUT2D eigenvalue weighted by molar-refractivity contribution is -0.146. The van der Waals surface area contributed by atoms with E-state index in [-0.39, 0.29) is 37.3 Å². The molecular formula is C46H60N6O10S. The summed E-state index contributed by atoms with van der Waals surface area (Å²) in [6.45, 7) is 12.9. The number of hydrogen-bond acceptors (Lipinski definition) is 11. The lowest BCUT2D eigenvalue weighted by Gasteiger charge is -2.43. The van der Waals surface area contributed by atoms with E-state index in [0.29, 0.717) is 59.5 Å². The number of rotatable bonds is 10. The summed E-state index contributed by atoms with van der Waals surface area (Å²) in [7, 11) is -2.40. The van der Waals surface area contributed by atoms with Gasteiger partial charge in [0.05, 0.1) is 35.9 Å². The van der Waals surface area contributed by atoms with Crippen LogP contribution in [0.3, 0.4) is 0 Å². The van der Waals surface area contributed by atoms with Crippen LogP contribution in [0, 0.1) is 17.8 Å². The molecule has 4 aliphatic rings. The van der Waals surface area contributed by atoms with Crippen molar-refractivity contribution >= 4 is 44.7 Å². The molecule has 2 saturated carbocycles. The third-order valence-electron chi connectivity index (χ3n) is 12.4. The van der Waals surface area contributed by atoms with E-state index < -0.39 is 80.2 Å². The normalized spacial score (nSPS) is 26.8. The molecule has 0 bridgehead atoms. The maximum absolute atomic E-state index is 15.3. The molecule has 4 amide bonds. The van der Waals surface area contributed by atoms with Crippen molar-refractivity contribution in [3.63, 3.8) is 0 Å². The van der Waals surface area contributed by atoms with E-state index in [1.165, 1.54) is 9.80 Å². The highest BCUT2D eigenvalue weighted by Gasteiger charge is 2.62. The van der Waals surface area contributed by atoms with E-state index >= 15 is 4.79 Å². The summed E-state index contributed by atoms with van der Waals surface area (Å²) in [4.78, 5) is 69.4. The van der Waals surface area contributed by atoms with E-state index in [0.717, 1.165) is 6.42 Å². The highest BCUT2D eigenvalue weighted by Crippen LogP contribution is 2.46. The van der Waals surface area contributed by atoms with E-state index in [1.807, 2.05) is 57.2 Å². The van der Waals surface area contributed by atoms with E-state index in [9.17, 15) is 27.9 Å². The van der Waals surface area contributed by atoms with Crippen LogP contribution < -0.4 is 24.2 Å². The minimum atomic E-state index is -3.95. The number of fused-ring (bicyclic) bond motifs is 3. The Balaban J connectivity index is 1.29. The first-order chi connectivity index (χ1) is 29.7. The first kappa shape index (κ1) is 45.6. The van der Waals surface area contributed by atoms with Gasteiger partial charge in [-0.25, -0.2) is 18.2 Å². The molecular weight excluding hydrogens is 829 g/mol. The number of nitrogens with one attached hydrogen (secondary N) is 2. The van der Waals surface area contributed by atoms with Crippen LogP contribution in [0.15, 0.2) is 54.6 Å². The van der Waals surface area contributed by atoms with Gasteiger partial charge in [-0.2, -0.15) is 4.98 Å². The van der Waals surface area contributed by atoms with Crippen LogP contribution in [0.25, 0.3) is 22.3 Å². The van der Waals surface area contributed by atoms with Crippen LogP contribution in [0.1, 0.15) is 93.4 Å². The Labute approximate surface area is 369 Å². The van der Waals surface area contributed by atoms with Gasteiger partial charge in [-0.1, -0.05) is 26.0 Å². The van der Waals surface area contributed by atoms with Gasteiger partial charge in [0, 0.05) is 29.5 Å². The monoisotopic (exact) mass is 888 g/mol. The van der Waals surface area contributed by atoms with Gasteiger partial charge in [-0.3, -0.25) is 24.0 Å². The number of nitrogens with zero attached hydrogens (tertiary/aromatic N) is 4. The molecule has 3 fully saturated rings. The summed E-state index contributed by atoms with van der Waals surface area (Å²) < 4.78 is 46.3. The average Bonchev–Trinajstić information content (AvgIpc) is 4.14. The molecule has 2 aliphatic heterocycles. The molecule has 1 saturated heterocycles. The molecule has 2 aliphatic carbocycles. The lowest BCUT2D eigenvalue weighted by Crippen LogP contribution is -2.62. The number of ether oxygens (including phenoxy) is 3. The third-order valence-corrected chi connectivity index (χ3v) is 14.2. The molecule has 0 radical (unpaired) electrons. The van der Waals surface area contributed by atoms with Crippen LogP contribution >= 0.6 is 0 Å². The SMILES string of the molecule is COc1ccc2c(O[C@@H]3C[C@H]4C(=O)N[C@]5(C(=O)NS(=O)(=O)C6CC6)C[C@H]5C=CCC[C@H](C)C[C@@H](C)[C@H](N(C(=O)O)C(C)(C)C)C(=O)N4C3)nc(-c3ccc(OC(C)C)cc3)nc2c1. The Kier molecular flexibility index (Phi) is 12.7. The zero-order chi connectivity index (χ0) is 45.6. The van der Waals surface area contributed by atoms with Crippen molar-refractivity contribution < 1.29 is 46.9 Å². The fourth-order valence-electron chi connectivity index (χ4n) is 9.00. The molecule has 0 unspecified atom stereocenters. The summed E-state index contributed by atoms with van der Waals surface area (Å²) in [5, 5.41) is 13.5. The summed E-state index contributed by atoms with van der Waals surface area (Å²) in [6.07, 6.45) is 4.55. The Morgan fingerprint density at radius 2 is 1.71 bits per heavy atom. The minimum Gasteiger partial charge on any atom is -0.497 e. The summed E-state index contributed by atoms with van der Waals surface area (Å²) in [6, 6.07) is 10.2. The highest BCUT2D eigenvalue weighted by molar-refractivity contribution is 7.91. The number of sulfonamides is 1. The predicted octanol–water partition coefficient (Wildman–Crippen LogP) is 6.08. The van der Waals surface area contributed by atoms with E-state index in [2.05, 4.69) is 17.0 Å². The van der Waals surface area contributed by atoms with Crippen LogP contribution in [-0.4, -0.2) is 111 Å². The molecule has 7 rings (SSSR count). The quantitative estimate of drug-likeness (QED) is 0.198. The first-order valence-corrected chi connectivity index (χ1v) is 23.4. The Morgan fingerprint density at radius 1 is 1.02 bits per heavy atom. The smallest absolute Gasteiger partial charge is 0.408 e. The molecule has 16 nitrogen and oxygen atoms in total. The number of carbonyl (C=O) groups is 4. The zero-order valence-corrected chi connectivity index (χ0v) is 38.1. The molecule has 17 heteroatoms. The van der Waals surface area contributed by atoms with Gasteiger partial charge in [0.15, 0.2) is 5.82 Å². The number of aromatic nitrogens is 2. The van der Waals surface area contributed by atoms with Crippen molar-refractivity contribution in [2.75, 3.05) is 13.7 Å². The number of methoxy groups -OCH3 is 1. The highest BCUT2D eigenvalue weighted by atomic mass is 32.2. The van der Waals surface area contributed by atoms with Crippen molar-refractivity contribution in [1.82, 2.24) is 29.8 Å². The molecule has 7 atom stereocenters. The second-order valence-electron chi connectivity index (χ2n) is 18.9. The fourth-order valence-corrected chi connectivity index (χ4v) is 10.4. The molecule has 63 heavy (non-hydrogen) atoms. The van der Waals surface area contributed by atoms with Crippen LogP contribution in [0.5, 0.6) is 17.4 Å². The van der Waals surface area contributed by atoms with Crippen molar-refractivity contribution in [1.29, 1.82) is 0 Å². The second-order valence-corrected chi connectivity index (χ2v) is 20.9. The number of benzene rings is 2. The second kappa shape index (κ2) is 17.6. The number of carboxylic acid groups (broad SMARTS) is 1. The number of hydrogen-bond donors (Lipinski definition) is 3. The summed E-state index contributed by atoms with van der Waals surface area (Å²) in [5.41, 5.74) is -1.38. The maximum Gasteiger partial charge on any atom is 0.408 e. The average molecular weight is 889 g/mol. The fraction of sp³-hybridized carbons (Fsp3) is 0.565. The topological polar surface area (TPSA) is 207 Å². The van der Waals surface area contributed by atoms with Crippen LogP contribution in [-0.2, 0) is 24.4 Å². The zero-order valence-electron chi connectivity index (χ0n) is 37.3. The Hall–Kier alpha value is -5.45. The molecule has 3 N–H and O–H groups in total. The minimum absolute atomic E-state index is 0.0220. The van der Waals surface area contributed by atoms with E-state index in [4.69, 9.17) is 24.2 Å². The van der Waals surface area contributed by atoms with Gasteiger partial charge in [0.1, 0.15) is 35.2 Å². The Bertz CT molecular complexity index is 2380. The molecule has 3 heterocycles. The number of carbonyl (C=O) groups excluding carboxylic acids is 3. The van der Waals surface area contributed by atoms with Crippen molar-refractivity contribution in [3.8, 4) is 28.8 Å². The van der Waals surface area contributed by atoms with Gasteiger partial charge < -0.3 is 29.5 Å². The molecule has 340 valence electrons.